The first kappa shape index (κ1) is 22.1. The molecule has 0 aliphatic carbocycles. The van der Waals surface area contributed by atoms with Crippen LogP contribution in [0.15, 0.2) is 48.5 Å². The van der Waals surface area contributed by atoms with E-state index in [-0.39, 0.29) is 36.9 Å². The first-order valence-electron chi connectivity index (χ1n) is 9.42. The van der Waals surface area contributed by atoms with Gasteiger partial charge in [-0.1, -0.05) is 48.0 Å². The maximum atomic E-state index is 13.3. The molecule has 3 rings (SSSR count). The number of nitrogens with one attached hydrogen (secondary N) is 2. The van der Waals surface area contributed by atoms with E-state index < -0.39 is 17.8 Å². The lowest BCUT2D eigenvalue weighted by Gasteiger charge is -2.35. The van der Waals surface area contributed by atoms with E-state index in [1.165, 1.54) is 18.2 Å². The third-order valence-corrected chi connectivity index (χ3v) is 5.32. The smallest absolute Gasteiger partial charge is 0.353 e. The molecule has 2 amide bonds. The lowest BCUT2D eigenvalue weighted by atomic mass is 10.0. The number of hydrogen-bond acceptors (Lipinski definition) is 3. The molecule has 2 aromatic rings. The van der Waals surface area contributed by atoms with Gasteiger partial charge in [-0.25, -0.2) is 0 Å². The van der Waals surface area contributed by atoms with Gasteiger partial charge in [-0.2, -0.15) is 13.2 Å². The molecule has 1 aliphatic heterocycles. The van der Waals surface area contributed by atoms with Gasteiger partial charge in [0.15, 0.2) is 0 Å². The van der Waals surface area contributed by atoms with E-state index in [0.29, 0.717) is 18.1 Å². The van der Waals surface area contributed by atoms with E-state index in [0.717, 1.165) is 11.6 Å². The highest BCUT2D eigenvalue weighted by Crippen LogP contribution is 2.32. The number of benzene rings is 2. The average molecular weight is 440 g/mol. The van der Waals surface area contributed by atoms with Crippen molar-refractivity contribution in [2.45, 2.75) is 31.7 Å². The number of halogens is 4. The summed E-state index contributed by atoms with van der Waals surface area (Å²) < 4.78 is 39.9. The topological polar surface area (TPSA) is 61.4 Å². The number of nitrogens with zero attached hydrogens (tertiary/aromatic N) is 1. The van der Waals surface area contributed by atoms with E-state index in [2.05, 4.69) is 10.6 Å². The molecule has 30 heavy (non-hydrogen) atoms. The van der Waals surface area contributed by atoms with Gasteiger partial charge in [0.25, 0.3) is 0 Å². The van der Waals surface area contributed by atoms with Gasteiger partial charge >= 0.3 is 6.18 Å². The monoisotopic (exact) mass is 439 g/mol. The molecular weight excluding hydrogens is 419 g/mol. The van der Waals surface area contributed by atoms with Crippen molar-refractivity contribution < 1.29 is 22.8 Å². The Balaban J connectivity index is 1.69. The SMILES string of the molecule is O=C(C[C@H]1C(=O)NCCN1Cc1ccccc1C(F)(F)F)NCc1ccccc1Cl. The van der Waals surface area contributed by atoms with Crippen LogP contribution < -0.4 is 10.6 Å². The Bertz CT molecular complexity index is 920. The number of amides is 2. The highest BCUT2D eigenvalue weighted by molar-refractivity contribution is 6.31. The van der Waals surface area contributed by atoms with Crippen LogP contribution in [-0.4, -0.2) is 35.8 Å². The molecule has 0 bridgehead atoms. The normalized spacial score (nSPS) is 17.5. The van der Waals surface area contributed by atoms with Crippen LogP contribution in [0.4, 0.5) is 13.2 Å². The molecule has 2 aromatic carbocycles. The maximum absolute atomic E-state index is 13.3. The zero-order valence-electron chi connectivity index (χ0n) is 16.0. The van der Waals surface area contributed by atoms with Gasteiger partial charge in [-0.3, -0.25) is 14.5 Å². The summed E-state index contributed by atoms with van der Waals surface area (Å²) in [6, 6.07) is 11.5. The van der Waals surface area contributed by atoms with Gasteiger partial charge in [-0.15, -0.1) is 0 Å². The summed E-state index contributed by atoms with van der Waals surface area (Å²) >= 11 is 6.07. The number of carbonyl (C=O) groups excluding carboxylic acids is 2. The summed E-state index contributed by atoms with van der Waals surface area (Å²) in [5, 5.41) is 5.91. The van der Waals surface area contributed by atoms with Crippen LogP contribution in [0.3, 0.4) is 0 Å². The molecule has 0 spiro atoms. The summed E-state index contributed by atoms with van der Waals surface area (Å²) in [4.78, 5) is 26.4. The average Bonchev–Trinajstić information content (AvgIpc) is 2.69. The molecule has 1 fully saturated rings. The first-order chi connectivity index (χ1) is 14.3. The van der Waals surface area contributed by atoms with Gasteiger partial charge in [0.2, 0.25) is 11.8 Å². The Morgan fingerprint density at radius 2 is 1.80 bits per heavy atom. The summed E-state index contributed by atoms with van der Waals surface area (Å²) in [6.45, 7) is 0.778. The molecule has 2 N–H and O–H groups in total. The summed E-state index contributed by atoms with van der Waals surface area (Å²) in [6.07, 6.45) is -4.65. The molecule has 1 aliphatic rings. The van der Waals surface area contributed by atoms with Gasteiger partial charge in [0, 0.05) is 31.2 Å². The number of piperazine rings is 1. The van der Waals surface area contributed by atoms with Crippen molar-refractivity contribution in [3.05, 3.63) is 70.2 Å². The molecular formula is C21H21ClF3N3O2. The Labute approximate surface area is 177 Å². The van der Waals surface area contributed by atoms with Crippen LogP contribution in [0.5, 0.6) is 0 Å². The second kappa shape index (κ2) is 9.49. The Morgan fingerprint density at radius 1 is 1.13 bits per heavy atom. The van der Waals surface area contributed by atoms with Crippen LogP contribution in [0.1, 0.15) is 23.1 Å². The number of rotatable bonds is 6. The molecule has 1 heterocycles. The lowest BCUT2D eigenvalue weighted by molar-refractivity contribution is -0.139. The fourth-order valence-electron chi connectivity index (χ4n) is 3.41. The highest BCUT2D eigenvalue weighted by Gasteiger charge is 2.36. The van der Waals surface area contributed by atoms with E-state index >= 15 is 0 Å². The maximum Gasteiger partial charge on any atom is 0.416 e. The number of carbonyl (C=O) groups is 2. The van der Waals surface area contributed by atoms with Crippen LogP contribution in [0.2, 0.25) is 5.02 Å². The molecule has 1 atom stereocenters. The van der Waals surface area contributed by atoms with Crippen molar-refractivity contribution in [2.75, 3.05) is 13.1 Å². The van der Waals surface area contributed by atoms with Crippen molar-refractivity contribution in [3.63, 3.8) is 0 Å². The Morgan fingerprint density at radius 3 is 2.50 bits per heavy atom. The number of hydrogen-bond donors (Lipinski definition) is 2. The molecule has 5 nitrogen and oxygen atoms in total. The first-order valence-corrected chi connectivity index (χ1v) is 9.80. The standard InChI is InChI=1S/C21H21ClF3N3O2/c22-17-8-4-2-5-14(17)12-27-19(29)11-18-20(30)26-9-10-28(18)13-15-6-1-3-7-16(15)21(23,24)25/h1-8,18H,9-13H2,(H,26,30)(H,27,29)/t18-/m0/s1. The predicted octanol–water partition coefficient (Wildman–Crippen LogP) is 3.37. The van der Waals surface area contributed by atoms with Gasteiger partial charge in [0.1, 0.15) is 0 Å². The zero-order valence-corrected chi connectivity index (χ0v) is 16.8. The van der Waals surface area contributed by atoms with Crippen molar-refractivity contribution in [2.24, 2.45) is 0 Å². The minimum absolute atomic E-state index is 0.0705. The fraction of sp³-hybridized carbons (Fsp3) is 0.333. The summed E-state index contributed by atoms with van der Waals surface area (Å²) in [5.41, 5.74) is 0.0654. The lowest BCUT2D eigenvalue weighted by Crippen LogP contribution is -2.56. The molecule has 0 saturated carbocycles. The minimum atomic E-state index is -4.49. The molecule has 1 saturated heterocycles. The third-order valence-electron chi connectivity index (χ3n) is 4.95. The van der Waals surface area contributed by atoms with Crippen molar-refractivity contribution in [1.82, 2.24) is 15.5 Å². The van der Waals surface area contributed by atoms with Gasteiger partial charge in [0.05, 0.1) is 18.0 Å². The second-order valence-corrected chi connectivity index (χ2v) is 7.41. The van der Waals surface area contributed by atoms with Crippen LogP contribution in [-0.2, 0) is 28.9 Å². The molecule has 9 heteroatoms. The molecule has 160 valence electrons. The van der Waals surface area contributed by atoms with E-state index in [1.54, 1.807) is 29.2 Å². The van der Waals surface area contributed by atoms with Crippen LogP contribution in [0.25, 0.3) is 0 Å². The van der Waals surface area contributed by atoms with Crippen LogP contribution >= 0.6 is 11.6 Å². The van der Waals surface area contributed by atoms with Gasteiger partial charge < -0.3 is 10.6 Å². The second-order valence-electron chi connectivity index (χ2n) is 7.00. The Hall–Kier alpha value is -2.58. The highest BCUT2D eigenvalue weighted by atomic mass is 35.5. The van der Waals surface area contributed by atoms with Crippen LogP contribution in [0, 0.1) is 0 Å². The minimum Gasteiger partial charge on any atom is -0.353 e. The summed E-state index contributed by atoms with van der Waals surface area (Å²) in [7, 11) is 0. The molecule has 0 radical (unpaired) electrons. The quantitative estimate of drug-likeness (QED) is 0.725. The van der Waals surface area contributed by atoms with E-state index in [1.807, 2.05) is 0 Å². The van der Waals surface area contributed by atoms with E-state index in [4.69, 9.17) is 11.6 Å². The number of alkyl halides is 3. The Kier molecular flexibility index (Phi) is 6.99. The predicted molar refractivity (Wildman–Crippen MR) is 107 cm³/mol. The molecule has 0 aromatic heterocycles. The van der Waals surface area contributed by atoms with Crippen molar-refractivity contribution in [3.8, 4) is 0 Å². The third kappa shape index (κ3) is 5.52. The van der Waals surface area contributed by atoms with E-state index in [9.17, 15) is 22.8 Å². The summed E-state index contributed by atoms with van der Waals surface area (Å²) in [5.74, 6) is -0.760. The fourth-order valence-corrected chi connectivity index (χ4v) is 3.61. The largest absolute Gasteiger partial charge is 0.416 e. The van der Waals surface area contributed by atoms with Gasteiger partial charge in [-0.05, 0) is 23.3 Å². The van der Waals surface area contributed by atoms with Crippen molar-refractivity contribution in [1.29, 1.82) is 0 Å². The molecule has 0 unspecified atom stereocenters. The van der Waals surface area contributed by atoms with Crippen molar-refractivity contribution >= 4 is 23.4 Å². The zero-order chi connectivity index (χ0) is 21.7.